The van der Waals surface area contributed by atoms with Crippen LogP contribution in [0.2, 0.25) is 0 Å². The van der Waals surface area contributed by atoms with Gasteiger partial charge in [-0.1, -0.05) is 6.92 Å². The standard InChI is InChI=1S/C10H19N5O4/c1-2-5(16)6(17)3-4-7-8-9(18)11-10(19)14(7)13-15(8)12-4/h4-9,12-13,16-18H,2-3H2,1H3,(H,11,19)/t4?,5-,6+,7?,8?,9?/m1/s1. The lowest BCUT2D eigenvalue weighted by Gasteiger charge is -2.37. The van der Waals surface area contributed by atoms with E-state index in [0.29, 0.717) is 12.8 Å². The summed E-state index contributed by atoms with van der Waals surface area (Å²) < 4.78 is 0. The highest BCUT2D eigenvalue weighted by atomic mass is 16.3. The SMILES string of the molecule is CC[C@@H](O)[C@@H](O)CC1NN2NN3C(=O)NC(O)C2C13. The first-order valence-electron chi connectivity index (χ1n) is 6.48. The molecule has 0 aromatic heterocycles. The fourth-order valence-corrected chi connectivity index (χ4v) is 3.01. The molecule has 108 valence electrons. The fourth-order valence-electron chi connectivity index (χ4n) is 3.01. The number of rotatable bonds is 4. The Morgan fingerprint density at radius 3 is 2.74 bits per heavy atom. The third-order valence-electron chi connectivity index (χ3n) is 4.05. The Morgan fingerprint density at radius 2 is 2.05 bits per heavy atom. The van der Waals surface area contributed by atoms with Crippen LogP contribution in [0.4, 0.5) is 4.79 Å². The van der Waals surface area contributed by atoms with Crippen molar-refractivity contribution < 1.29 is 20.1 Å². The molecule has 9 heteroatoms. The van der Waals surface area contributed by atoms with E-state index in [1.165, 1.54) is 5.01 Å². The zero-order valence-corrected chi connectivity index (χ0v) is 10.5. The quantitative estimate of drug-likeness (QED) is 0.327. The molecule has 3 aliphatic heterocycles. The third-order valence-corrected chi connectivity index (χ3v) is 4.05. The number of carbonyl (C=O) groups excluding carboxylic acids is 1. The van der Waals surface area contributed by atoms with Crippen molar-refractivity contribution in [1.82, 2.24) is 26.4 Å². The van der Waals surface area contributed by atoms with Crippen LogP contribution in [0.1, 0.15) is 19.8 Å². The summed E-state index contributed by atoms with van der Waals surface area (Å²) in [6.07, 6.45) is -1.82. The van der Waals surface area contributed by atoms with Crippen LogP contribution >= 0.6 is 0 Å². The molecule has 3 fully saturated rings. The minimum Gasteiger partial charge on any atom is -0.390 e. The number of hydrazine groups is 3. The Labute approximate surface area is 110 Å². The van der Waals surface area contributed by atoms with Crippen LogP contribution in [0.5, 0.6) is 0 Å². The average Bonchev–Trinajstić information content (AvgIpc) is 2.88. The number of hydrogen-bond donors (Lipinski definition) is 6. The number of hydrogen-bond acceptors (Lipinski definition) is 7. The van der Waals surface area contributed by atoms with Gasteiger partial charge in [0.1, 0.15) is 12.3 Å². The molecular formula is C10H19N5O4. The van der Waals surface area contributed by atoms with Crippen LogP contribution in [-0.2, 0) is 0 Å². The summed E-state index contributed by atoms with van der Waals surface area (Å²) in [6.45, 7) is 1.79. The maximum atomic E-state index is 11.7. The van der Waals surface area contributed by atoms with E-state index in [1.54, 1.807) is 12.0 Å². The van der Waals surface area contributed by atoms with E-state index in [9.17, 15) is 20.1 Å². The second-order valence-corrected chi connectivity index (χ2v) is 5.23. The molecule has 2 amide bonds. The predicted octanol–water partition coefficient (Wildman–Crippen LogP) is -2.79. The Balaban J connectivity index is 1.72. The van der Waals surface area contributed by atoms with Crippen molar-refractivity contribution in [2.45, 2.75) is 56.3 Å². The van der Waals surface area contributed by atoms with E-state index in [1.807, 2.05) is 0 Å². The molecule has 3 aliphatic rings. The summed E-state index contributed by atoms with van der Waals surface area (Å²) in [5, 5.41) is 34.8. The minimum atomic E-state index is -0.963. The van der Waals surface area contributed by atoms with Crippen LogP contribution in [-0.4, -0.2) is 68.0 Å². The maximum absolute atomic E-state index is 11.7. The molecule has 5 unspecified atom stereocenters. The monoisotopic (exact) mass is 273 g/mol. The summed E-state index contributed by atoms with van der Waals surface area (Å²) in [4.78, 5) is 11.7. The van der Waals surface area contributed by atoms with Crippen LogP contribution in [0.25, 0.3) is 0 Å². The first-order chi connectivity index (χ1) is 9.02. The molecule has 0 aliphatic carbocycles. The van der Waals surface area contributed by atoms with Gasteiger partial charge in [-0.25, -0.2) is 15.2 Å². The van der Waals surface area contributed by atoms with Gasteiger partial charge in [-0.05, 0) is 12.8 Å². The van der Waals surface area contributed by atoms with E-state index in [0.717, 1.165) is 0 Å². The summed E-state index contributed by atoms with van der Waals surface area (Å²) in [6, 6.07) is -1.19. The summed E-state index contributed by atoms with van der Waals surface area (Å²) in [7, 11) is 0. The lowest BCUT2D eigenvalue weighted by Crippen LogP contribution is -2.65. The van der Waals surface area contributed by atoms with Gasteiger partial charge in [0.15, 0.2) is 0 Å². The Kier molecular flexibility index (Phi) is 3.12. The average molecular weight is 273 g/mol. The smallest absolute Gasteiger partial charge is 0.335 e. The molecule has 6 N–H and O–H groups in total. The van der Waals surface area contributed by atoms with E-state index in [2.05, 4.69) is 16.3 Å². The first kappa shape index (κ1) is 13.0. The van der Waals surface area contributed by atoms with Crippen LogP contribution in [0.15, 0.2) is 0 Å². The second-order valence-electron chi connectivity index (χ2n) is 5.23. The van der Waals surface area contributed by atoms with Gasteiger partial charge >= 0.3 is 6.03 Å². The molecule has 0 saturated carbocycles. The highest BCUT2D eigenvalue weighted by Crippen LogP contribution is 2.32. The summed E-state index contributed by atoms with van der Waals surface area (Å²) >= 11 is 0. The first-order valence-corrected chi connectivity index (χ1v) is 6.48. The highest BCUT2D eigenvalue weighted by molar-refractivity contribution is 5.76. The lowest BCUT2D eigenvalue weighted by molar-refractivity contribution is -0.0191. The molecule has 9 nitrogen and oxygen atoms in total. The zero-order chi connectivity index (χ0) is 13.7. The molecule has 0 spiro atoms. The third kappa shape index (κ3) is 1.90. The van der Waals surface area contributed by atoms with Crippen molar-refractivity contribution in [2.75, 3.05) is 0 Å². The Hall–Kier alpha value is -0.970. The number of nitrogens with zero attached hydrogens (tertiary/aromatic N) is 2. The molecule has 3 heterocycles. The van der Waals surface area contributed by atoms with Gasteiger partial charge in [-0.2, -0.15) is 5.12 Å². The van der Waals surface area contributed by atoms with Crippen molar-refractivity contribution >= 4 is 6.03 Å². The molecule has 4 bridgehead atoms. The molecule has 3 saturated heterocycles. The molecular weight excluding hydrogens is 254 g/mol. The number of aliphatic hydroxyl groups is 3. The molecule has 3 rings (SSSR count). The van der Waals surface area contributed by atoms with Gasteiger partial charge in [-0.3, -0.25) is 0 Å². The lowest BCUT2D eigenvalue weighted by atomic mass is 9.93. The van der Waals surface area contributed by atoms with Gasteiger partial charge in [-0.15, -0.1) is 5.53 Å². The van der Waals surface area contributed by atoms with E-state index in [4.69, 9.17) is 0 Å². The molecule has 0 radical (unpaired) electrons. The van der Waals surface area contributed by atoms with Crippen LogP contribution in [0, 0.1) is 0 Å². The van der Waals surface area contributed by atoms with Crippen molar-refractivity contribution in [3.05, 3.63) is 0 Å². The van der Waals surface area contributed by atoms with Gasteiger partial charge in [0, 0.05) is 6.04 Å². The fraction of sp³-hybridized carbons (Fsp3) is 0.900. The Bertz CT molecular complexity index is 383. The number of nitrogens with one attached hydrogen (secondary N) is 3. The van der Waals surface area contributed by atoms with Gasteiger partial charge in [0.25, 0.3) is 0 Å². The van der Waals surface area contributed by atoms with Crippen molar-refractivity contribution in [3.8, 4) is 0 Å². The number of urea groups is 1. The van der Waals surface area contributed by atoms with E-state index >= 15 is 0 Å². The van der Waals surface area contributed by atoms with Gasteiger partial charge < -0.3 is 20.6 Å². The van der Waals surface area contributed by atoms with E-state index < -0.39 is 24.5 Å². The number of carbonyl (C=O) groups is 1. The summed E-state index contributed by atoms with van der Waals surface area (Å²) in [5.41, 5.74) is 5.90. The minimum absolute atomic E-state index is 0.205. The van der Waals surface area contributed by atoms with Gasteiger partial charge in [0.05, 0.1) is 18.2 Å². The molecule has 0 aromatic rings. The highest BCUT2D eigenvalue weighted by Gasteiger charge is 2.59. The molecule has 7 atom stereocenters. The van der Waals surface area contributed by atoms with Gasteiger partial charge in [0.2, 0.25) is 0 Å². The second kappa shape index (κ2) is 4.54. The number of amides is 2. The van der Waals surface area contributed by atoms with Crippen LogP contribution < -0.4 is 16.3 Å². The summed E-state index contributed by atoms with van der Waals surface area (Å²) in [5.74, 6) is 0. The maximum Gasteiger partial charge on any atom is 0.335 e. The molecule has 0 aromatic carbocycles. The Morgan fingerprint density at radius 1 is 1.32 bits per heavy atom. The van der Waals surface area contributed by atoms with Crippen LogP contribution in [0.3, 0.4) is 0 Å². The largest absolute Gasteiger partial charge is 0.390 e. The predicted molar refractivity (Wildman–Crippen MR) is 62.8 cm³/mol. The van der Waals surface area contributed by atoms with Crippen molar-refractivity contribution in [1.29, 1.82) is 0 Å². The normalized spacial score (nSPS) is 43.3. The van der Waals surface area contributed by atoms with Crippen molar-refractivity contribution in [2.24, 2.45) is 0 Å². The van der Waals surface area contributed by atoms with E-state index in [-0.39, 0.29) is 18.1 Å². The topological polar surface area (TPSA) is 120 Å². The van der Waals surface area contributed by atoms with Crippen molar-refractivity contribution in [3.63, 3.8) is 0 Å². The number of aliphatic hydroxyl groups excluding tert-OH is 3. The molecule has 19 heavy (non-hydrogen) atoms. The zero-order valence-electron chi connectivity index (χ0n) is 10.5.